The van der Waals surface area contributed by atoms with Crippen LogP contribution in [-0.2, 0) is 4.74 Å². The van der Waals surface area contributed by atoms with Gasteiger partial charge in [0.15, 0.2) is 11.9 Å². The van der Waals surface area contributed by atoms with Crippen molar-refractivity contribution in [2.24, 2.45) is 0 Å². The molecule has 3 rings (SSSR count). The van der Waals surface area contributed by atoms with Crippen LogP contribution in [0.3, 0.4) is 0 Å². The molecule has 0 spiro atoms. The number of Topliss-reactive ketones (excluding diaryl/α,β-unsaturated/α-hetero) is 1. The Hall–Kier alpha value is -3.19. The van der Waals surface area contributed by atoms with E-state index in [2.05, 4.69) is 21.2 Å². The summed E-state index contributed by atoms with van der Waals surface area (Å²) in [6, 6.07) is 16.3. The molecule has 142 valence electrons. The van der Waals surface area contributed by atoms with Gasteiger partial charge in [-0.2, -0.15) is 0 Å². The molecule has 7 heteroatoms. The number of hydrogen-bond donors (Lipinski definition) is 1. The van der Waals surface area contributed by atoms with Crippen molar-refractivity contribution in [2.75, 3.05) is 5.32 Å². The molecule has 0 saturated heterocycles. The monoisotopic (exact) mass is 441 g/mol. The largest absolute Gasteiger partial charge is 0.459 e. The molecule has 0 bridgehead atoms. The van der Waals surface area contributed by atoms with Crippen LogP contribution in [-0.4, -0.2) is 23.8 Å². The smallest absolute Gasteiger partial charge is 0.340 e. The molecule has 0 radical (unpaired) electrons. The maximum atomic E-state index is 12.6. The van der Waals surface area contributed by atoms with Crippen molar-refractivity contribution >= 4 is 39.3 Å². The van der Waals surface area contributed by atoms with E-state index in [9.17, 15) is 14.4 Å². The van der Waals surface area contributed by atoms with Gasteiger partial charge in [0, 0.05) is 10.0 Å². The second-order valence-corrected chi connectivity index (χ2v) is 6.81. The highest BCUT2D eigenvalue weighted by Gasteiger charge is 2.23. The van der Waals surface area contributed by atoms with Gasteiger partial charge in [-0.15, -0.1) is 0 Å². The molecule has 2 aromatic carbocycles. The van der Waals surface area contributed by atoms with E-state index in [1.54, 1.807) is 48.5 Å². The molecule has 0 saturated carbocycles. The van der Waals surface area contributed by atoms with Crippen LogP contribution in [0.2, 0.25) is 0 Å². The Bertz CT molecular complexity index is 996. The summed E-state index contributed by atoms with van der Waals surface area (Å²) in [7, 11) is 0. The topological polar surface area (TPSA) is 85.6 Å². The molecule has 28 heavy (non-hydrogen) atoms. The average Bonchev–Trinajstić information content (AvgIpc) is 3.23. The minimum Gasteiger partial charge on any atom is -0.459 e. The maximum Gasteiger partial charge on any atom is 0.340 e. The fraction of sp³-hybridized carbons (Fsp3) is 0.0952. The van der Waals surface area contributed by atoms with E-state index in [0.717, 1.165) is 4.47 Å². The zero-order valence-corrected chi connectivity index (χ0v) is 16.4. The Balaban J connectivity index is 1.72. The predicted molar refractivity (Wildman–Crippen MR) is 106 cm³/mol. The van der Waals surface area contributed by atoms with E-state index in [1.807, 2.05) is 0 Å². The number of hydrogen-bond acceptors (Lipinski definition) is 5. The number of nitrogens with one attached hydrogen (secondary N) is 1. The first-order valence-corrected chi connectivity index (χ1v) is 9.19. The Morgan fingerprint density at radius 3 is 2.39 bits per heavy atom. The normalized spacial score (nSPS) is 11.5. The van der Waals surface area contributed by atoms with Gasteiger partial charge in [0.25, 0.3) is 5.91 Å². The van der Waals surface area contributed by atoms with Crippen LogP contribution in [0.4, 0.5) is 5.69 Å². The summed E-state index contributed by atoms with van der Waals surface area (Å²) < 4.78 is 11.2. The number of para-hydroxylation sites is 1. The Labute approximate surface area is 169 Å². The van der Waals surface area contributed by atoms with Crippen LogP contribution in [0.25, 0.3) is 0 Å². The lowest BCUT2D eigenvalue weighted by molar-refractivity contribution is 0.0320. The first-order valence-electron chi connectivity index (χ1n) is 8.40. The molecule has 0 aliphatic rings. The van der Waals surface area contributed by atoms with Crippen LogP contribution in [0.15, 0.2) is 75.8 Å². The number of esters is 1. The van der Waals surface area contributed by atoms with Gasteiger partial charge in [-0.3, -0.25) is 9.59 Å². The predicted octanol–water partition coefficient (Wildman–Crippen LogP) is 4.72. The fourth-order valence-corrected chi connectivity index (χ4v) is 2.75. The van der Waals surface area contributed by atoms with Crippen LogP contribution in [0.1, 0.15) is 38.2 Å². The summed E-state index contributed by atoms with van der Waals surface area (Å²) in [6.45, 7) is 1.51. The van der Waals surface area contributed by atoms with Crippen molar-refractivity contribution in [2.45, 2.75) is 13.0 Å². The van der Waals surface area contributed by atoms with Crippen LogP contribution >= 0.6 is 15.9 Å². The zero-order valence-electron chi connectivity index (χ0n) is 14.8. The zero-order chi connectivity index (χ0) is 20.1. The molecular weight excluding hydrogens is 426 g/mol. The average molecular weight is 442 g/mol. The van der Waals surface area contributed by atoms with E-state index >= 15 is 0 Å². The number of anilines is 1. The van der Waals surface area contributed by atoms with Gasteiger partial charge < -0.3 is 14.5 Å². The van der Waals surface area contributed by atoms with E-state index in [1.165, 1.54) is 25.3 Å². The second kappa shape index (κ2) is 8.67. The summed E-state index contributed by atoms with van der Waals surface area (Å²) >= 11 is 3.31. The van der Waals surface area contributed by atoms with Gasteiger partial charge in [-0.05, 0) is 43.3 Å². The van der Waals surface area contributed by atoms with Gasteiger partial charge in [-0.1, -0.05) is 40.2 Å². The van der Waals surface area contributed by atoms with Crippen molar-refractivity contribution in [1.29, 1.82) is 0 Å². The Morgan fingerprint density at radius 2 is 1.71 bits per heavy atom. The lowest BCUT2D eigenvalue weighted by Crippen LogP contribution is -2.25. The molecule has 1 heterocycles. The number of carbonyl (C=O) groups excluding carboxylic acids is 3. The molecule has 1 N–H and O–H groups in total. The first-order chi connectivity index (χ1) is 13.5. The van der Waals surface area contributed by atoms with Gasteiger partial charge in [0.05, 0.1) is 17.5 Å². The number of furan rings is 1. The Morgan fingerprint density at radius 1 is 1.00 bits per heavy atom. The number of ketones is 1. The van der Waals surface area contributed by atoms with E-state index in [0.29, 0.717) is 5.56 Å². The van der Waals surface area contributed by atoms with E-state index < -0.39 is 18.0 Å². The SMILES string of the molecule is CC(OC(=O)c1ccccc1NC(=O)c1ccco1)C(=O)c1ccc(Br)cc1. The van der Waals surface area contributed by atoms with Crippen molar-refractivity contribution in [3.8, 4) is 0 Å². The van der Waals surface area contributed by atoms with Crippen LogP contribution in [0, 0.1) is 0 Å². The molecule has 6 nitrogen and oxygen atoms in total. The van der Waals surface area contributed by atoms with Crippen molar-refractivity contribution in [3.63, 3.8) is 0 Å². The second-order valence-electron chi connectivity index (χ2n) is 5.90. The summed E-state index contributed by atoms with van der Waals surface area (Å²) in [5.41, 5.74) is 0.831. The lowest BCUT2D eigenvalue weighted by atomic mass is 10.1. The number of rotatable bonds is 6. The molecule has 1 unspecified atom stereocenters. The third kappa shape index (κ3) is 4.55. The molecule has 0 aliphatic heterocycles. The van der Waals surface area contributed by atoms with Gasteiger partial charge in [0.1, 0.15) is 0 Å². The summed E-state index contributed by atoms with van der Waals surface area (Å²) in [4.78, 5) is 37.2. The number of carbonyl (C=O) groups is 3. The minimum absolute atomic E-state index is 0.113. The number of benzene rings is 2. The molecule has 3 aromatic rings. The number of ether oxygens (including phenoxy) is 1. The van der Waals surface area contributed by atoms with Crippen LogP contribution in [0.5, 0.6) is 0 Å². The molecule has 0 fully saturated rings. The standard InChI is InChI=1S/C21H16BrNO5/c1-13(19(24)14-8-10-15(22)11-9-14)28-21(26)16-5-2-3-6-17(16)23-20(25)18-7-4-12-27-18/h2-13H,1H3,(H,23,25). The van der Waals surface area contributed by atoms with Gasteiger partial charge >= 0.3 is 5.97 Å². The van der Waals surface area contributed by atoms with Gasteiger partial charge in [0.2, 0.25) is 5.78 Å². The molecule has 1 aromatic heterocycles. The van der Waals surface area contributed by atoms with E-state index in [4.69, 9.17) is 9.15 Å². The third-order valence-electron chi connectivity index (χ3n) is 3.92. The minimum atomic E-state index is -0.984. The third-order valence-corrected chi connectivity index (χ3v) is 4.45. The van der Waals surface area contributed by atoms with Gasteiger partial charge in [-0.25, -0.2) is 4.79 Å². The quantitative estimate of drug-likeness (QED) is 0.441. The van der Waals surface area contributed by atoms with Crippen molar-refractivity contribution < 1.29 is 23.5 Å². The number of halogens is 1. The highest BCUT2D eigenvalue weighted by molar-refractivity contribution is 9.10. The summed E-state index contributed by atoms with van der Waals surface area (Å²) in [5.74, 6) is -1.42. The summed E-state index contributed by atoms with van der Waals surface area (Å²) in [6.07, 6.45) is 0.396. The van der Waals surface area contributed by atoms with Crippen molar-refractivity contribution in [1.82, 2.24) is 0 Å². The summed E-state index contributed by atoms with van der Waals surface area (Å²) in [5, 5.41) is 2.61. The highest BCUT2D eigenvalue weighted by Crippen LogP contribution is 2.19. The molecular formula is C21H16BrNO5. The molecule has 1 amide bonds. The van der Waals surface area contributed by atoms with E-state index in [-0.39, 0.29) is 22.8 Å². The fourth-order valence-electron chi connectivity index (χ4n) is 2.49. The molecule has 0 aliphatic carbocycles. The molecule has 1 atom stereocenters. The lowest BCUT2D eigenvalue weighted by Gasteiger charge is -2.14. The van der Waals surface area contributed by atoms with Crippen LogP contribution < -0.4 is 5.32 Å². The Kier molecular flexibility index (Phi) is 6.06. The maximum absolute atomic E-state index is 12.6. The number of amides is 1. The first kappa shape index (κ1) is 19.6. The highest BCUT2D eigenvalue weighted by atomic mass is 79.9. The van der Waals surface area contributed by atoms with Crippen molar-refractivity contribution in [3.05, 3.63) is 88.3 Å².